The van der Waals surface area contributed by atoms with Crippen LogP contribution in [0.5, 0.6) is 0 Å². The van der Waals surface area contributed by atoms with E-state index in [1.54, 1.807) is 11.5 Å². The molecule has 4 aromatic rings. The zero-order valence-electron chi connectivity index (χ0n) is 14.9. The van der Waals surface area contributed by atoms with Gasteiger partial charge in [0.25, 0.3) is 0 Å². The van der Waals surface area contributed by atoms with Crippen molar-refractivity contribution >= 4 is 49.9 Å². The van der Waals surface area contributed by atoms with Gasteiger partial charge in [0.05, 0.1) is 23.3 Å². The summed E-state index contributed by atoms with van der Waals surface area (Å²) in [6.07, 6.45) is 0. The third-order valence-corrected chi connectivity index (χ3v) is 4.96. The molecule has 0 atom stereocenters. The van der Waals surface area contributed by atoms with E-state index >= 15 is 0 Å². The summed E-state index contributed by atoms with van der Waals surface area (Å²) in [6.45, 7) is 4.01. The van der Waals surface area contributed by atoms with Gasteiger partial charge in [-0.1, -0.05) is 18.2 Å². The Morgan fingerprint density at radius 3 is 2.56 bits per heavy atom. The van der Waals surface area contributed by atoms with E-state index in [1.807, 2.05) is 49.4 Å². The fraction of sp³-hybridized carbons (Fsp3) is 0.150. The van der Waals surface area contributed by atoms with Gasteiger partial charge >= 0.3 is 5.97 Å². The van der Waals surface area contributed by atoms with Crippen LogP contribution in [0, 0.1) is 6.92 Å². The first-order valence-corrected chi connectivity index (χ1v) is 9.31. The quantitative estimate of drug-likeness (QED) is 0.492. The molecule has 0 unspecified atom stereocenters. The Morgan fingerprint density at radius 1 is 1.19 bits per heavy atom. The van der Waals surface area contributed by atoms with Crippen LogP contribution in [-0.4, -0.2) is 27.1 Å². The number of esters is 1. The highest BCUT2D eigenvalue weighted by molar-refractivity contribution is 9.10. The van der Waals surface area contributed by atoms with Crippen LogP contribution in [-0.2, 0) is 4.74 Å². The maximum Gasteiger partial charge on any atom is 0.344 e. The number of carbonyl (C=O) groups excluding carboxylic acids is 1. The topological polar surface area (TPSA) is 83.0 Å². The average Bonchev–Trinajstić information content (AvgIpc) is 2.91. The number of aromatic nitrogens is 3. The van der Waals surface area contributed by atoms with Crippen LogP contribution >= 0.6 is 15.9 Å². The molecule has 0 fully saturated rings. The van der Waals surface area contributed by atoms with Crippen molar-refractivity contribution < 1.29 is 9.53 Å². The second-order valence-corrected chi connectivity index (χ2v) is 7.01. The van der Waals surface area contributed by atoms with Gasteiger partial charge in [0.1, 0.15) is 16.9 Å². The Bertz CT molecular complexity index is 1200. The first-order chi connectivity index (χ1) is 13.0. The van der Waals surface area contributed by atoms with Crippen LogP contribution in [0.2, 0.25) is 0 Å². The number of halogens is 1. The van der Waals surface area contributed by atoms with Crippen molar-refractivity contribution in [2.45, 2.75) is 13.8 Å². The third-order valence-electron chi connectivity index (χ3n) is 4.32. The van der Waals surface area contributed by atoms with E-state index in [0.29, 0.717) is 16.7 Å². The molecule has 6 nitrogen and oxygen atoms in total. The van der Waals surface area contributed by atoms with Gasteiger partial charge in [0, 0.05) is 4.47 Å². The molecule has 4 rings (SSSR count). The van der Waals surface area contributed by atoms with Crippen LogP contribution in [0.3, 0.4) is 0 Å². The van der Waals surface area contributed by atoms with E-state index in [9.17, 15) is 4.79 Å². The SMILES string of the molecule is CCOC(=O)c1c(N)n(-c2ccc(C)cc2Br)c2nc3ccccc3nc12. The van der Waals surface area contributed by atoms with Gasteiger partial charge in [-0.2, -0.15) is 0 Å². The minimum Gasteiger partial charge on any atom is -0.462 e. The normalized spacial score (nSPS) is 11.2. The molecule has 2 heterocycles. The number of nitrogens with two attached hydrogens (primary N) is 1. The van der Waals surface area contributed by atoms with Gasteiger partial charge in [-0.05, 0) is 59.6 Å². The van der Waals surface area contributed by atoms with E-state index < -0.39 is 5.97 Å². The van der Waals surface area contributed by atoms with Crippen LogP contribution in [0.15, 0.2) is 46.9 Å². The molecular weight excluding hydrogens is 408 g/mol. The molecule has 7 heteroatoms. The van der Waals surface area contributed by atoms with Crippen molar-refractivity contribution in [1.82, 2.24) is 14.5 Å². The second kappa shape index (κ2) is 6.66. The summed E-state index contributed by atoms with van der Waals surface area (Å²) in [6, 6.07) is 13.4. The highest BCUT2D eigenvalue weighted by Crippen LogP contribution is 2.34. The number of benzene rings is 2. The van der Waals surface area contributed by atoms with Gasteiger partial charge < -0.3 is 10.5 Å². The Balaban J connectivity index is 2.12. The molecule has 27 heavy (non-hydrogen) atoms. The number of rotatable bonds is 3. The number of para-hydroxylation sites is 2. The first kappa shape index (κ1) is 17.5. The number of aryl methyl sites for hydroxylation is 1. The zero-order valence-corrected chi connectivity index (χ0v) is 16.4. The van der Waals surface area contributed by atoms with Gasteiger partial charge in [0.2, 0.25) is 0 Å². The summed E-state index contributed by atoms with van der Waals surface area (Å²) < 4.78 is 7.80. The van der Waals surface area contributed by atoms with E-state index in [1.165, 1.54) is 0 Å². The van der Waals surface area contributed by atoms with Crippen LogP contribution < -0.4 is 5.73 Å². The fourth-order valence-electron chi connectivity index (χ4n) is 3.10. The number of ether oxygens (including phenoxy) is 1. The van der Waals surface area contributed by atoms with Crippen molar-refractivity contribution in [2.24, 2.45) is 0 Å². The highest BCUT2D eigenvalue weighted by Gasteiger charge is 2.26. The summed E-state index contributed by atoms with van der Waals surface area (Å²) in [5.74, 6) is -0.255. The monoisotopic (exact) mass is 424 g/mol. The van der Waals surface area contributed by atoms with E-state index in [0.717, 1.165) is 21.2 Å². The molecule has 0 aliphatic rings. The Kier molecular flexibility index (Phi) is 4.31. The Hall–Kier alpha value is -2.93. The number of carbonyl (C=O) groups is 1. The molecule has 136 valence electrons. The number of nitrogen functional groups attached to an aromatic ring is 1. The van der Waals surface area contributed by atoms with Crippen molar-refractivity contribution in [3.8, 4) is 5.69 Å². The number of fused-ring (bicyclic) bond motifs is 2. The standard InChI is InChI=1S/C20H17BrN4O2/c1-3-27-20(26)16-17-19(24-14-7-5-4-6-13(14)23-17)25(18(16)22)15-9-8-11(2)10-12(15)21/h4-10H,3,22H2,1-2H3. The van der Waals surface area contributed by atoms with Gasteiger partial charge in [0.15, 0.2) is 5.65 Å². The van der Waals surface area contributed by atoms with Crippen LogP contribution in [0.4, 0.5) is 5.82 Å². The maximum absolute atomic E-state index is 12.6. The van der Waals surface area contributed by atoms with Gasteiger partial charge in [-0.15, -0.1) is 0 Å². The summed E-state index contributed by atoms with van der Waals surface area (Å²) in [5.41, 5.74) is 10.9. The van der Waals surface area contributed by atoms with E-state index in [2.05, 4.69) is 20.9 Å². The summed E-state index contributed by atoms with van der Waals surface area (Å²) in [7, 11) is 0. The lowest BCUT2D eigenvalue weighted by Gasteiger charge is -2.11. The molecule has 0 amide bonds. The minimum absolute atomic E-state index is 0.234. The Labute approximate surface area is 164 Å². The number of hydrogen-bond acceptors (Lipinski definition) is 5. The Morgan fingerprint density at radius 2 is 1.89 bits per heavy atom. The fourth-order valence-corrected chi connectivity index (χ4v) is 3.77. The van der Waals surface area contributed by atoms with Crippen LogP contribution in [0.1, 0.15) is 22.8 Å². The van der Waals surface area contributed by atoms with E-state index in [-0.39, 0.29) is 18.0 Å². The highest BCUT2D eigenvalue weighted by atomic mass is 79.9. The molecule has 0 saturated heterocycles. The van der Waals surface area contributed by atoms with Crippen molar-refractivity contribution in [2.75, 3.05) is 12.3 Å². The van der Waals surface area contributed by atoms with Crippen molar-refractivity contribution in [3.05, 3.63) is 58.1 Å². The number of hydrogen-bond donors (Lipinski definition) is 1. The lowest BCUT2D eigenvalue weighted by Crippen LogP contribution is -2.09. The zero-order chi connectivity index (χ0) is 19.1. The predicted octanol–water partition coefficient (Wildman–Crippen LogP) is 4.40. The number of anilines is 1. The van der Waals surface area contributed by atoms with Crippen molar-refractivity contribution in [1.29, 1.82) is 0 Å². The number of nitrogens with zero attached hydrogens (tertiary/aromatic N) is 3. The lowest BCUT2D eigenvalue weighted by molar-refractivity contribution is 0.0529. The summed E-state index contributed by atoms with van der Waals surface area (Å²) in [5, 5.41) is 0. The molecule has 0 aliphatic carbocycles. The molecule has 2 aromatic heterocycles. The average molecular weight is 425 g/mol. The van der Waals surface area contributed by atoms with Crippen LogP contribution in [0.25, 0.3) is 27.9 Å². The molecule has 2 N–H and O–H groups in total. The summed E-state index contributed by atoms with van der Waals surface area (Å²) >= 11 is 3.59. The molecule has 0 aliphatic heterocycles. The minimum atomic E-state index is -0.508. The molecule has 0 bridgehead atoms. The molecular formula is C20H17BrN4O2. The molecule has 2 aromatic carbocycles. The van der Waals surface area contributed by atoms with Crippen molar-refractivity contribution in [3.63, 3.8) is 0 Å². The van der Waals surface area contributed by atoms with E-state index in [4.69, 9.17) is 15.5 Å². The molecule has 0 spiro atoms. The van der Waals surface area contributed by atoms with Gasteiger partial charge in [-0.25, -0.2) is 14.8 Å². The molecule has 0 saturated carbocycles. The largest absolute Gasteiger partial charge is 0.462 e. The molecule has 0 radical (unpaired) electrons. The first-order valence-electron chi connectivity index (χ1n) is 8.51. The second-order valence-electron chi connectivity index (χ2n) is 6.16. The third kappa shape index (κ3) is 2.84. The lowest BCUT2D eigenvalue weighted by atomic mass is 10.2. The smallest absolute Gasteiger partial charge is 0.344 e. The van der Waals surface area contributed by atoms with Gasteiger partial charge in [-0.3, -0.25) is 4.57 Å². The summed E-state index contributed by atoms with van der Waals surface area (Å²) in [4.78, 5) is 22.0. The predicted molar refractivity (Wildman–Crippen MR) is 109 cm³/mol. The maximum atomic E-state index is 12.6.